The number of nitrogens with one attached hydrogen (secondary N) is 1. The molecule has 2 nitrogen and oxygen atoms in total. The Bertz CT molecular complexity index is 348. The second-order valence-corrected chi connectivity index (χ2v) is 2.53. The zero-order chi connectivity index (χ0) is 10.6. The first-order valence-electron chi connectivity index (χ1n) is 3.89. The van der Waals surface area contributed by atoms with Crippen LogP contribution in [-0.4, -0.2) is 13.7 Å². The second-order valence-electron chi connectivity index (χ2n) is 2.53. The number of hydrogen-bond acceptors (Lipinski definition) is 2. The molecule has 0 fully saturated rings. The molecule has 1 aromatic carbocycles. The molecule has 0 amide bonds. The summed E-state index contributed by atoms with van der Waals surface area (Å²) in [5.74, 6) is 0.389. The van der Waals surface area contributed by atoms with Crippen molar-refractivity contribution in [2.45, 2.75) is 0 Å². The van der Waals surface area contributed by atoms with Crippen molar-refractivity contribution in [1.82, 2.24) is 0 Å². The number of methoxy groups -OCH3 is 1. The van der Waals surface area contributed by atoms with Crippen LogP contribution in [0.25, 0.3) is 0 Å². The smallest absolute Gasteiger partial charge is 0.190 e. The molecule has 0 heterocycles. The second kappa shape index (κ2) is 4.47. The van der Waals surface area contributed by atoms with Gasteiger partial charge in [-0.15, -0.1) is 6.42 Å². The highest BCUT2D eigenvalue weighted by Gasteiger charge is 2.10. The van der Waals surface area contributed by atoms with Crippen molar-refractivity contribution in [1.29, 1.82) is 0 Å². The minimum Gasteiger partial charge on any atom is -0.491 e. The van der Waals surface area contributed by atoms with Gasteiger partial charge in [-0.05, 0) is 0 Å². The molecule has 14 heavy (non-hydrogen) atoms. The van der Waals surface area contributed by atoms with Crippen LogP contribution in [-0.2, 0) is 0 Å². The molecule has 0 aromatic heterocycles. The lowest BCUT2D eigenvalue weighted by atomic mass is 10.2. The molecule has 0 aliphatic rings. The van der Waals surface area contributed by atoms with E-state index in [0.717, 1.165) is 12.1 Å². The van der Waals surface area contributed by atoms with E-state index in [1.807, 2.05) is 0 Å². The van der Waals surface area contributed by atoms with Crippen molar-refractivity contribution >= 4 is 5.69 Å². The first-order chi connectivity index (χ1) is 6.69. The Morgan fingerprint density at radius 2 is 2.00 bits per heavy atom. The molecule has 0 atom stereocenters. The Morgan fingerprint density at radius 1 is 1.43 bits per heavy atom. The van der Waals surface area contributed by atoms with Crippen molar-refractivity contribution in [3.63, 3.8) is 0 Å². The Kier molecular flexibility index (Phi) is 3.29. The highest BCUT2D eigenvalue weighted by Crippen LogP contribution is 2.24. The minimum atomic E-state index is -0.757. The molecule has 4 heteroatoms. The maximum Gasteiger partial charge on any atom is 0.190 e. The summed E-state index contributed by atoms with van der Waals surface area (Å²) in [6.07, 6.45) is 4.98. The summed E-state index contributed by atoms with van der Waals surface area (Å²) < 4.78 is 30.7. The van der Waals surface area contributed by atoms with Crippen LogP contribution < -0.4 is 10.1 Å². The lowest BCUT2D eigenvalue weighted by Gasteiger charge is -2.07. The molecule has 0 saturated carbocycles. The zero-order valence-electron chi connectivity index (χ0n) is 7.60. The molecule has 0 spiro atoms. The van der Waals surface area contributed by atoms with Gasteiger partial charge in [0.2, 0.25) is 0 Å². The number of terminal acetylenes is 1. The Balaban J connectivity index is 2.97. The summed E-state index contributed by atoms with van der Waals surface area (Å²) in [7, 11) is 1.20. The molecule has 1 aromatic rings. The van der Waals surface area contributed by atoms with Crippen molar-refractivity contribution in [3.8, 4) is 18.1 Å². The first kappa shape index (κ1) is 10.3. The predicted octanol–water partition coefficient (Wildman–Crippen LogP) is 2.02. The third-order valence-electron chi connectivity index (χ3n) is 1.60. The third-order valence-corrected chi connectivity index (χ3v) is 1.60. The van der Waals surface area contributed by atoms with E-state index in [-0.39, 0.29) is 6.54 Å². The summed E-state index contributed by atoms with van der Waals surface area (Å²) in [4.78, 5) is 0. The molecule has 0 saturated heterocycles. The highest BCUT2D eigenvalue weighted by atomic mass is 19.1. The first-order valence-corrected chi connectivity index (χ1v) is 3.89. The highest BCUT2D eigenvalue weighted by molar-refractivity contribution is 5.48. The molecule has 74 valence electrons. The van der Waals surface area contributed by atoms with E-state index in [4.69, 9.17) is 6.42 Å². The Hall–Kier alpha value is -1.76. The van der Waals surface area contributed by atoms with Crippen LogP contribution in [0, 0.1) is 24.0 Å². The van der Waals surface area contributed by atoms with Gasteiger partial charge in [0, 0.05) is 17.8 Å². The number of ether oxygens (including phenoxy) is 1. The normalized spacial score (nSPS) is 9.29. The maximum absolute atomic E-state index is 13.1. The van der Waals surface area contributed by atoms with E-state index in [0.29, 0.717) is 5.69 Å². The maximum atomic E-state index is 13.1. The van der Waals surface area contributed by atoms with Gasteiger partial charge < -0.3 is 10.1 Å². The van der Waals surface area contributed by atoms with Crippen LogP contribution in [0.4, 0.5) is 14.5 Å². The Labute approximate surface area is 80.9 Å². The zero-order valence-corrected chi connectivity index (χ0v) is 7.60. The van der Waals surface area contributed by atoms with Gasteiger partial charge >= 0.3 is 0 Å². The van der Waals surface area contributed by atoms with Crippen LogP contribution in [0.5, 0.6) is 5.75 Å². The van der Waals surface area contributed by atoms with Crippen molar-refractivity contribution in [2.75, 3.05) is 19.0 Å². The van der Waals surface area contributed by atoms with Gasteiger partial charge in [0.05, 0.1) is 13.7 Å². The SMILES string of the molecule is C#CCNc1cc(F)c(OC)c(F)c1. The van der Waals surface area contributed by atoms with Gasteiger partial charge in [-0.1, -0.05) is 5.92 Å². The van der Waals surface area contributed by atoms with E-state index >= 15 is 0 Å². The average molecular weight is 197 g/mol. The van der Waals surface area contributed by atoms with Crippen LogP contribution in [0.2, 0.25) is 0 Å². The summed E-state index contributed by atoms with van der Waals surface area (Å²) in [6.45, 7) is 0.214. The molecule has 0 radical (unpaired) electrons. The molecule has 1 rings (SSSR count). The van der Waals surface area contributed by atoms with Crippen LogP contribution in [0.3, 0.4) is 0 Å². The fraction of sp³-hybridized carbons (Fsp3) is 0.200. The minimum absolute atomic E-state index is 0.214. The number of anilines is 1. The third kappa shape index (κ3) is 2.13. The van der Waals surface area contributed by atoms with Gasteiger partial charge in [0.1, 0.15) is 0 Å². The molecule has 0 aliphatic heterocycles. The lowest BCUT2D eigenvalue weighted by Crippen LogP contribution is -2.01. The quantitative estimate of drug-likeness (QED) is 0.748. The molecular formula is C10H9F2NO. The summed E-state index contributed by atoms with van der Waals surface area (Å²) in [5, 5.41) is 2.66. The van der Waals surface area contributed by atoms with E-state index in [2.05, 4.69) is 16.0 Å². The number of benzene rings is 1. The average Bonchev–Trinajstić information content (AvgIpc) is 2.14. The van der Waals surface area contributed by atoms with Crippen LogP contribution in [0.1, 0.15) is 0 Å². The topological polar surface area (TPSA) is 21.3 Å². The predicted molar refractivity (Wildman–Crippen MR) is 50.2 cm³/mol. The monoisotopic (exact) mass is 197 g/mol. The fourth-order valence-electron chi connectivity index (χ4n) is 1.01. The summed E-state index contributed by atoms with van der Waals surface area (Å²) >= 11 is 0. The fourth-order valence-corrected chi connectivity index (χ4v) is 1.01. The van der Waals surface area contributed by atoms with Gasteiger partial charge in [-0.25, -0.2) is 8.78 Å². The molecular weight excluding hydrogens is 188 g/mol. The van der Waals surface area contributed by atoms with Crippen LogP contribution >= 0.6 is 0 Å². The summed E-state index contributed by atoms with van der Waals surface area (Å²) in [6, 6.07) is 2.25. The largest absolute Gasteiger partial charge is 0.491 e. The molecule has 0 bridgehead atoms. The summed E-state index contributed by atoms with van der Waals surface area (Å²) in [5.41, 5.74) is 0.291. The van der Waals surface area contributed by atoms with E-state index in [1.165, 1.54) is 7.11 Å². The van der Waals surface area contributed by atoms with E-state index in [1.54, 1.807) is 0 Å². The molecule has 1 N–H and O–H groups in total. The molecule has 0 aliphatic carbocycles. The lowest BCUT2D eigenvalue weighted by molar-refractivity contribution is 0.360. The van der Waals surface area contributed by atoms with Gasteiger partial charge in [0.15, 0.2) is 17.4 Å². The Morgan fingerprint density at radius 3 is 2.43 bits per heavy atom. The van der Waals surface area contributed by atoms with Gasteiger partial charge in [0.25, 0.3) is 0 Å². The van der Waals surface area contributed by atoms with Crippen LogP contribution in [0.15, 0.2) is 12.1 Å². The van der Waals surface area contributed by atoms with Crippen molar-refractivity contribution in [3.05, 3.63) is 23.8 Å². The van der Waals surface area contributed by atoms with Crippen molar-refractivity contribution < 1.29 is 13.5 Å². The van der Waals surface area contributed by atoms with Gasteiger partial charge in [-0.2, -0.15) is 0 Å². The van der Waals surface area contributed by atoms with Crippen molar-refractivity contribution in [2.24, 2.45) is 0 Å². The van der Waals surface area contributed by atoms with Gasteiger partial charge in [-0.3, -0.25) is 0 Å². The van der Waals surface area contributed by atoms with E-state index < -0.39 is 17.4 Å². The standard InChI is InChI=1S/C10H9F2NO/c1-3-4-13-7-5-8(11)10(14-2)9(12)6-7/h1,5-6,13H,4H2,2H3. The number of halogens is 2. The number of rotatable bonds is 3. The van der Waals surface area contributed by atoms with E-state index in [9.17, 15) is 8.78 Å². The number of hydrogen-bond donors (Lipinski definition) is 1. The molecule has 0 unspecified atom stereocenters.